The third-order valence-corrected chi connectivity index (χ3v) is 4.30. The van der Waals surface area contributed by atoms with Crippen LogP contribution in [-0.2, 0) is 6.61 Å². The van der Waals surface area contributed by atoms with Gasteiger partial charge in [0.25, 0.3) is 5.91 Å². The Labute approximate surface area is 140 Å². The largest absolute Gasteiger partial charge is 0.496 e. The molecule has 0 spiro atoms. The number of aliphatic hydroxyl groups excluding tert-OH is 1. The van der Waals surface area contributed by atoms with Crippen molar-refractivity contribution >= 4 is 22.5 Å². The van der Waals surface area contributed by atoms with Gasteiger partial charge >= 0.3 is 0 Å². The lowest BCUT2D eigenvalue weighted by Gasteiger charge is -2.10. The number of methoxy groups -OCH3 is 1. The number of benzene rings is 2. The van der Waals surface area contributed by atoms with E-state index >= 15 is 0 Å². The third kappa shape index (κ3) is 2.74. The Balaban J connectivity index is 1.95. The van der Waals surface area contributed by atoms with Gasteiger partial charge in [-0.1, -0.05) is 12.1 Å². The number of amides is 1. The van der Waals surface area contributed by atoms with E-state index in [-0.39, 0.29) is 12.5 Å². The highest BCUT2D eigenvalue weighted by Gasteiger charge is 2.14. The molecule has 124 valence electrons. The number of fused-ring (bicyclic) bond motifs is 1. The van der Waals surface area contributed by atoms with Crippen molar-refractivity contribution in [1.82, 2.24) is 4.98 Å². The summed E-state index contributed by atoms with van der Waals surface area (Å²) >= 11 is 0. The van der Waals surface area contributed by atoms with E-state index in [0.717, 1.165) is 22.2 Å². The Bertz CT molecular complexity index is 912. The summed E-state index contributed by atoms with van der Waals surface area (Å²) in [5.74, 6) is 0.393. The first-order chi connectivity index (χ1) is 11.5. The van der Waals surface area contributed by atoms with Crippen LogP contribution >= 0.6 is 0 Å². The van der Waals surface area contributed by atoms with Gasteiger partial charge in [0, 0.05) is 22.3 Å². The second-order valence-electron chi connectivity index (χ2n) is 5.74. The number of rotatable bonds is 4. The molecule has 0 aliphatic heterocycles. The topological polar surface area (TPSA) is 74.3 Å². The molecule has 3 rings (SSSR count). The second kappa shape index (κ2) is 6.37. The molecule has 1 amide bonds. The van der Waals surface area contributed by atoms with E-state index in [0.29, 0.717) is 22.6 Å². The Hall–Kier alpha value is -2.79. The number of anilines is 1. The number of aryl methyl sites for hydroxylation is 2. The summed E-state index contributed by atoms with van der Waals surface area (Å²) in [5.41, 5.74) is 4.86. The average Bonchev–Trinajstić information content (AvgIpc) is 2.89. The van der Waals surface area contributed by atoms with Crippen LogP contribution in [0.25, 0.3) is 10.9 Å². The molecule has 0 atom stereocenters. The number of ether oxygens (including phenoxy) is 1. The fourth-order valence-corrected chi connectivity index (χ4v) is 2.85. The lowest BCUT2D eigenvalue weighted by molar-refractivity contribution is 0.102. The number of carbonyl (C=O) groups excluding carboxylic acids is 1. The second-order valence-corrected chi connectivity index (χ2v) is 5.74. The minimum atomic E-state index is -0.198. The number of para-hydroxylation sites is 1. The van der Waals surface area contributed by atoms with Crippen LogP contribution in [0.3, 0.4) is 0 Å². The van der Waals surface area contributed by atoms with Crippen LogP contribution in [0.1, 0.15) is 27.2 Å². The van der Waals surface area contributed by atoms with E-state index in [9.17, 15) is 9.90 Å². The molecule has 0 saturated carbocycles. The molecule has 0 saturated heterocycles. The molecule has 3 aromatic rings. The maximum Gasteiger partial charge on any atom is 0.257 e. The molecular formula is C19H20N2O3. The molecule has 0 aliphatic carbocycles. The Morgan fingerprint density at radius 1 is 1.25 bits per heavy atom. The van der Waals surface area contributed by atoms with E-state index in [1.54, 1.807) is 31.4 Å². The fourth-order valence-electron chi connectivity index (χ4n) is 2.85. The maximum absolute atomic E-state index is 12.7. The fraction of sp³-hybridized carbons (Fsp3) is 0.211. The van der Waals surface area contributed by atoms with E-state index in [1.807, 2.05) is 26.0 Å². The average molecular weight is 324 g/mol. The quantitative estimate of drug-likeness (QED) is 0.687. The number of hydrogen-bond donors (Lipinski definition) is 3. The number of carbonyl (C=O) groups is 1. The lowest BCUT2D eigenvalue weighted by atomic mass is 10.1. The normalized spacial score (nSPS) is 10.8. The first kappa shape index (κ1) is 16.1. The summed E-state index contributed by atoms with van der Waals surface area (Å²) in [7, 11) is 1.54. The number of aromatic nitrogens is 1. The van der Waals surface area contributed by atoms with Gasteiger partial charge in [-0.05, 0) is 43.7 Å². The minimum absolute atomic E-state index is 0.155. The first-order valence-corrected chi connectivity index (χ1v) is 7.72. The van der Waals surface area contributed by atoms with E-state index in [4.69, 9.17) is 4.74 Å². The van der Waals surface area contributed by atoms with Gasteiger partial charge in [0.1, 0.15) is 5.75 Å². The van der Waals surface area contributed by atoms with Gasteiger partial charge in [0.15, 0.2) is 0 Å². The van der Waals surface area contributed by atoms with Crippen LogP contribution in [0.4, 0.5) is 5.69 Å². The van der Waals surface area contributed by atoms with Crippen LogP contribution < -0.4 is 10.1 Å². The van der Waals surface area contributed by atoms with Gasteiger partial charge in [0.05, 0.1) is 24.8 Å². The standard InChI is InChI=1S/C19H20N2O3/c1-11-12(2)20-18-15(11)5-4-6-16(18)19(23)21-14-7-8-17(24-3)13(9-14)10-22/h4-9,20,22H,10H2,1-3H3,(H,21,23). The minimum Gasteiger partial charge on any atom is -0.496 e. The van der Waals surface area contributed by atoms with E-state index in [1.165, 1.54) is 0 Å². The van der Waals surface area contributed by atoms with Gasteiger partial charge in [-0.2, -0.15) is 0 Å². The predicted octanol–water partition coefficient (Wildman–Crippen LogP) is 3.54. The van der Waals surface area contributed by atoms with Crippen molar-refractivity contribution in [1.29, 1.82) is 0 Å². The van der Waals surface area contributed by atoms with E-state index < -0.39 is 0 Å². The molecule has 5 nitrogen and oxygen atoms in total. The molecule has 0 unspecified atom stereocenters. The highest BCUT2D eigenvalue weighted by atomic mass is 16.5. The van der Waals surface area contributed by atoms with Crippen molar-refractivity contribution in [2.45, 2.75) is 20.5 Å². The smallest absolute Gasteiger partial charge is 0.257 e. The maximum atomic E-state index is 12.7. The molecule has 0 aliphatic rings. The van der Waals surface area contributed by atoms with Crippen molar-refractivity contribution < 1.29 is 14.6 Å². The van der Waals surface area contributed by atoms with Gasteiger partial charge < -0.3 is 20.1 Å². The zero-order valence-electron chi connectivity index (χ0n) is 13.9. The SMILES string of the molecule is COc1ccc(NC(=O)c2cccc3c(C)c(C)[nH]c23)cc1CO. The predicted molar refractivity (Wildman–Crippen MR) is 94.6 cm³/mol. The summed E-state index contributed by atoms with van der Waals surface area (Å²) in [5, 5.41) is 13.3. The zero-order chi connectivity index (χ0) is 17.3. The summed E-state index contributed by atoms with van der Waals surface area (Å²) in [6.07, 6.45) is 0. The van der Waals surface area contributed by atoms with Crippen molar-refractivity contribution in [2.75, 3.05) is 12.4 Å². The van der Waals surface area contributed by atoms with Crippen molar-refractivity contribution in [3.05, 3.63) is 58.8 Å². The molecule has 0 bridgehead atoms. The highest BCUT2D eigenvalue weighted by Crippen LogP contribution is 2.26. The molecule has 1 heterocycles. The molecule has 5 heteroatoms. The number of nitrogens with one attached hydrogen (secondary N) is 2. The van der Waals surface area contributed by atoms with Gasteiger partial charge in [0.2, 0.25) is 0 Å². The Morgan fingerprint density at radius 3 is 2.75 bits per heavy atom. The Kier molecular flexibility index (Phi) is 4.27. The van der Waals surface area contributed by atoms with Crippen LogP contribution in [0.15, 0.2) is 36.4 Å². The number of aliphatic hydroxyl groups is 1. The van der Waals surface area contributed by atoms with Crippen LogP contribution in [0.5, 0.6) is 5.75 Å². The molecule has 0 fully saturated rings. The van der Waals surface area contributed by atoms with Gasteiger partial charge in [-0.15, -0.1) is 0 Å². The third-order valence-electron chi connectivity index (χ3n) is 4.30. The number of H-pyrrole nitrogens is 1. The van der Waals surface area contributed by atoms with Crippen molar-refractivity contribution in [3.63, 3.8) is 0 Å². The van der Waals surface area contributed by atoms with Crippen LogP contribution in [0, 0.1) is 13.8 Å². The molecule has 1 aromatic heterocycles. The number of hydrogen-bond acceptors (Lipinski definition) is 3. The molecule has 24 heavy (non-hydrogen) atoms. The zero-order valence-corrected chi connectivity index (χ0v) is 13.9. The molecule has 2 aromatic carbocycles. The van der Waals surface area contributed by atoms with Gasteiger partial charge in [-0.3, -0.25) is 4.79 Å². The van der Waals surface area contributed by atoms with Crippen molar-refractivity contribution in [2.24, 2.45) is 0 Å². The highest BCUT2D eigenvalue weighted by molar-refractivity contribution is 6.12. The van der Waals surface area contributed by atoms with Crippen molar-refractivity contribution in [3.8, 4) is 5.75 Å². The Morgan fingerprint density at radius 2 is 2.04 bits per heavy atom. The summed E-state index contributed by atoms with van der Waals surface area (Å²) in [6.45, 7) is 3.87. The van der Waals surface area contributed by atoms with E-state index in [2.05, 4.69) is 10.3 Å². The molecule has 3 N–H and O–H groups in total. The summed E-state index contributed by atoms with van der Waals surface area (Å²) in [6, 6.07) is 10.9. The monoisotopic (exact) mass is 324 g/mol. The molecular weight excluding hydrogens is 304 g/mol. The van der Waals surface area contributed by atoms with Crippen LogP contribution in [0.2, 0.25) is 0 Å². The lowest BCUT2D eigenvalue weighted by Crippen LogP contribution is -2.12. The van der Waals surface area contributed by atoms with Crippen LogP contribution in [-0.4, -0.2) is 23.1 Å². The summed E-state index contributed by atoms with van der Waals surface area (Å²) in [4.78, 5) is 16.0. The summed E-state index contributed by atoms with van der Waals surface area (Å²) < 4.78 is 5.18. The van der Waals surface area contributed by atoms with Gasteiger partial charge in [-0.25, -0.2) is 0 Å². The first-order valence-electron chi connectivity index (χ1n) is 7.72. The number of aromatic amines is 1. The molecule has 0 radical (unpaired) electrons.